The smallest absolute Gasteiger partial charge is 0.220 e. The van der Waals surface area contributed by atoms with Crippen LogP contribution in [0.2, 0.25) is 0 Å². The predicted octanol–water partition coefficient (Wildman–Crippen LogP) is 17.8. The lowest BCUT2D eigenvalue weighted by Gasteiger charge is -2.12. The molecular formula is C54H107NO3. The van der Waals surface area contributed by atoms with E-state index in [0.717, 1.165) is 51.4 Å². The number of aliphatic hydroxyl groups excluding tert-OH is 1. The van der Waals surface area contributed by atoms with Gasteiger partial charge in [-0.25, -0.2) is 0 Å². The first-order valence-electron chi connectivity index (χ1n) is 27.1. The maximum Gasteiger partial charge on any atom is 0.220 e. The second-order valence-electron chi connectivity index (χ2n) is 18.9. The Kier molecular flexibility index (Phi) is 49.7. The third kappa shape index (κ3) is 49.5. The van der Waals surface area contributed by atoms with Crippen molar-refractivity contribution >= 4 is 11.7 Å². The van der Waals surface area contributed by atoms with Crippen LogP contribution in [0.3, 0.4) is 0 Å². The number of hydrogen-bond acceptors (Lipinski definition) is 3. The molecule has 0 spiro atoms. The van der Waals surface area contributed by atoms with Gasteiger partial charge in [-0.3, -0.25) is 9.59 Å². The van der Waals surface area contributed by atoms with E-state index in [1.807, 2.05) is 0 Å². The molecule has 0 aromatic rings. The average Bonchev–Trinajstić information content (AvgIpc) is 3.22. The van der Waals surface area contributed by atoms with Gasteiger partial charge in [0, 0.05) is 25.8 Å². The zero-order valence-electron chi connectivity index (χ0n) is 40.0. The lowest BCUT2D eigenvalue weighted by Crippen LogP contribution is -2.31. The van der Waals surface area contributed by atoms with Gasteiger partial charge in [0.1, 0.15) is 5.78 Å². The zero-order valence-corrected chi connectivity index (χ0v) is 40.0. The summed E-state index contributed by atoms with van der Waals surface area (Å²) >= 11 is 0. The fraction of sp³-hybridized carbons (Fsp3) is 0.963. The van der Waals surface area contributed by atoms with Gasteiger partial charge in [-0.05, 0) is 25.7 Å². The molecular weight excluding hydrogens is 711 g/mol. The molecule has 2 N–H and O–H groups in total. The molecule has 0 saturated carbocycles. The number of ketones is 1. The van der Waals surface area contributed by atoms with E-state index in [1.54, 1.807) is 0 Å². The van der Waals surface area contributed by atoms with Gasteiger partial charge in [0.2, 0.25) is 5.91 Å². The first kappa shape index (κ1) is 57.1. The Labute approximate surface area is 365 Å². The number of hydrogen-bond donors (Lipinski definition) is 2. The van der Waals surface area contributed by atoms with Crippen molar-refractivity contribution in [2.75, 3.05) is 6.54 Å². The zero-order chi connectivity index (χ0) is 42.1. The molecule has 0 aromatic carbocycles. The summed E-state index contributed by atoms with van der Waals surface area (Å²) < 4.78 is 0. The highest BCUT2D eigenvalue weighted by atomic mass is 16.3. The van der Waals surface area contributed by atoms with Gasteiger partial charge in [-0.1, -0.05) is 277 Å². The van der Waals surface area contributed by atoms with Crippen molar-refractivity contribution in [1.82, 2.24) is 5.32 Å². The minimum Gasteiger partial charge on any atom is -0.391 e. The Bertz CT molecular complexity index is 799. The summed E-state index contributed by atoms with van der Waals surface area (Å²) in [6.07, 6.45) is 61.4. The number of carbonyl (C=O) groups excluding carboxylic acids is 2. The number of carbonyl (C=O) groups is 2. The van der Waals surface area contributed by atoms with Gasteiger partial charge < -0.3 is 10.4 Å². The van der Waals surface area contributed by atoms with Crippen LogP contribution < -0.4 is 5.32 Å². The van der Waals surface area contributed by atoms with Crippen LogP contribution in [0.4, 0.5) is 0 Å². The van der Waals surface area contributed by atoms with E-state index in [0.29, 0.717) is 18.7 Å². The first-order chi connectivity index (χ1) is 28.6. The van der Waals surface area contributed by atoms with Gasteiger partial charge >= 0.3 is 0 Å². The van der Waals surface area contributed by atoms with Crippen molar-refractivity contribution in [3.8, 4) is 0 Å². The summed E-state index contributed by atoms with van der Waals surface area (Å²) in [5.41, 5.74) is 0. The van der Waals surface area contributed by atoms with Crippen molar-refractivity contribution in [3.05, 3.63) is 0 Å². The number of nitrogens with one attached hydrogen (secondary N) is 1. The van der Waals surface area contributed by atoms with Crippen LogP contribution >= 0.6 is 0 Å². The Morgan fingerprint density at radius 3 is 0.828 bits per heavy atom. The second kappa shape index (κ2) is 50.5. The number of amides is 1. The summed E-state index contributed by atoms with van der Waals surface area (Å²) in [7, 11) is 0. The van der Waals surface area contributed by atoms with E-state index in [4.69, 9.17) is 0 Å². The van der Waals surface area contributed by atoms with Crippen LogP contribution in [-0.2, 0) is 9.59 Å². The molecule has 0 radical (unpaired) electrons. The van der Waals surface area contributed by atoms with Crippen molar-refractivity contribution in [2.45, 2.75) is 328 Å². The molecule has 4 nitrogen and oxygen atoms in total. The van der Waals surface area contributed by atoms with Crippen molar-refractivity contribution < 1.29 is 14.7 Å². The molecule has 0 saturated heterocycles. The molecule has 346 valence electrons. The fourth-order valence-electron chi connectivity index (χ4n) is 8.72. The Hall–Kier alpha value is -0.900. The molecule has 0 fully saturated rings. The van der Waals surface area contributed by atoms with Crippen LogP contribution in [0.5, 0.6) is 0 Å². The summed E-state index contributed by atoms with van der Waals surface area (Å²) in [4.78, 5) is 24.5. The molecule has 0 aliphatic heterocycles. The van der Waals surface area contributed by atoms with Gasteiger partial charge in [-0.2, -0.15) is 0 Å². The predicted molar refractivity (Wildman–Crippen MR) is 257 cm³/mol. The number of Topliss-reactive ketones (excluding diaryl/α,β-unsaturated/α-hetero) is 1. The van der Waals surface area contributed by atoms with E-state index < -0.39 is 6.10 Å². The summed E-state index contributed by atoms with van der Waals surface area (Å²) in [6.45, 7) is 4.99. The molecule has 0 aliphatic carbocycles. The number of unbranched alkanes of at least 4 members (excludes halogenated alkanes) is 41. The highest BCUT2D eigenvalue weighted by molar-refractivity contribution is 5.78. The molecule has 58 heavy (non-hydrogen) atoms. The summed E-state index contributed by atoms with van der Waals surface area (Å²) in [5, 5.41) is 13.2. The second-order valence-corrected chi connectivity index (χ2v) is 18.9. The van der Waals surface area contributed by atoms with Gasteiger partial charge in [0.15, 0.2) is 0 Å². The molecule has 0 rings (SSSR count). The molecule has 0 unspecified atom stereocenters. The van der Waals surface area contributed by atoms with E-state index in [1.165, 1.54) is 250 Å². The minimum absolute atomic E-state index is 0.104. The van der Waals surface area contributed by atoms with Gasteiger partial charge in [-0.15, -0.1) is 0 Å². The lowest BCUT2D eigenvalue weighted by atomic mass is 10.0. The van der Waals surface area contributed by atoms with E-state index >= 15 is 0 Å². The van der Waals surface area contributed by atoms with Crippen molar-refractivity contribution in [2.24, 2.45) is 0 Å². The highest BCUT2D eigenvalue weighted by Gasteiger charge is 2.07. The Morgan fingerprint density at radius 1 is 0.328 bits per heavy atom. The van der Waals surface area contributed by atoms with Crippen molar-refractivity contribution in [1.29, 1.82) is 0 Å². The molecule has 0 aromatic heterocycles. The molecule has 0 aliphatic rings. The standard InChI is InChI=1S/C54H107NO3/c1-3-5-7-9-11-13-15-17-19-20-21-24-27-31-35-39-43-47-52(56)48-44-40-36-32-28-25-22-26-30-34-38-42-46-50-54(58)55-51-53(57)49-45-41-37-33-29-23-18-16-14-12-10-8-6-4-2/h53,57H,3-51H2,1-2H3,(H,55,58)/t53-/m1/s1. The monoisotopic (exact) mass is 818 g/mol. The average molecular weight is 818 g/mol. The van der Waals surface area contributed by atoms with E-state index in [-0.39, 0.29) is 5.91 Å². The van der Waals surface area contributed by atoms with Crippen LogP contribution in [0.25, 0.3) is 0 Å². The third-order valence-corrected chi connectivity index (χ3v) is 12.8. The van der Waals surface area contributed by atoms with Crippen LogP contribution in [0.1, 0.15) is 322 Å². The number of rotatable bonds is 51. The maximum atomic E-state index is 12.3. The lowest BCUT2D eigenvalue weighted by molar-refractivity contribution is -0.121. The van der Waals surface area contributed by atoms with Crippen LogP contribution in [0, 0.1) is 0 Å². The quantitative estimate of drug-likeness (QED) is 0.0601. The third-order valence-electron chi connectivity index (χ3n) is 12.8. The fourth-order valence-corrected chi connectivity index (χ4v) is 8.72. The Balaban J connectivity index is 3.28. The molecule has 0 bridgehead atoms. The minimum atomic E-state index is -0.398. The summed E-state index contributed by atoms with van der Waals surface area (Å²) in [6, 6.07) is 0. The Morgan fingerprint density at radius 2 is 0.552 bits per heavy atom. The van der Waals surface area contributed by atoms with Crippen LogP contribution in [-0.4, -0.2) is 29.4 Å². The topological polar surface area (TPSA) is 66.4 Å². The highest BCUT2D eigenvalue weighted by Crippen LogP contribution is 2.18. The largest absolute Gasteiger partial charge is 0.391 e. The molecule has 1 amide bonds. The number of aliphatic hydroxyl groups is 1. The summed E-state index contributed by atoms with van der Waals surface area (Å²) in [5.74, 6) is 0.608. The van der Waals surface area contributed by atoms with Crippen LogP contribution in [0.15, 0.2) is 0 Å². The SMILES string of the molecule is CCCCCCCCCCCCCCCCCCCC(=O)CCCCCCCCCCCCCCCC(=O)NC[C@H](O)CCCCCCCCCCCCCCCC. The van der Waals surface area contributed by atoms with Crippen molar-refractivity contribution in [3.63, 3.8) is 0 Å². The molecule has 1 atom stereocenters. The molecule has 4 heteroatoms. The van der Waals surface area contributed by atoms with E-state index in [2.05, 4.69) is 19.2 Å². The van der Waals surface area contributed by atoms with Gasteiger partial charge in [0.25, 0.3) is 0 Å². The van der Waals surface area contributed by atoms with Gasteiger partial charge in [0.05, 0.1) is 6.10 Å². The normalized spacial score (nSPS) is 12.1. The molecule has 0 heterocycles. The van der Waals surface area contributed by atoms with E-state index in [9.17, 15) is 14.7 Å². The first-order valence-corrected chi connectivity index (χ1v) is 27.1. The maximum absolute atomic E-state index is 12.3.